The first kappa shape index (κ1) is 16.5. The van der Waals surface area contributed by atoms with Gasteiger partial charge in [0.25, 0.3) is 5.69 Å². The molecule has 0 unspecified atom stereocenters. The molecule has 1 saturated heterocycles. The maximum atomic E-state index is 11.0. The average molecular weight is 311 g/mol. The van der Waals surface area contributed by atoms with Gasteiger partial charge in [-0.2, -0.15) is 0 Å². The number of piperazine rings is 1. The van der Waals surface area contributed by atoms with Crippen molar-refractivity contribution in [3.63, 3.8) is 0 Å². The Kier molecular flexibility index (Phi) is 5.53. The van der Waals surface area contributed by atoms with Crippen molar-refractivity contribution in [3.8, 4) is 11.5 Å². The Morgan fingerprint density at radius 1 is 1.27 bits per heavy atom. The molecule has 1 aromatic carbocycles. The Bertz CT molecular complexity index is 529. The van der Waals surface area contributed by atoms with E-state index in [1.807, 2.05) is 0 Å². The highest BCUT2D eigenvalue weighted by Crippen LogP contribution is 2.35. The van der Waals surface area contributed by atoms with E-state index in [0.29, 0.717) is 18.7 Å². The maximum absolute atomic E-state index is 11.0. The highest BCUT2D eigenvalue weighted by molar-refractivity contribution is 5.53. The van der Waals surface area contributed by atoms with Gasteiger partial charge in [-0.3, -0.25) is 19.9 Å². The second-order valence-corrected chi connectivity index (χ2v) is 5.25. The van der Waals surface area contributed by atoms with E-state index >= 15 is 0 Å². The number of rotatable bonds is 6. The molecule has 1 aliphatic heterocycles. The van der Waals surface area contributed by atoms with Crippen molar-refractivity contribution >= 4 is 5.69 Å². The van der Waals surface area contributed by atoms with Crippen LogP contribution in [0.2, 0.25) is 0 Å². The first-order valence-electron chi connectivity index (χ1n) is 7.15. The number of nitro benzene ring substituents is 1. The van der Waals surface area contributed by atoms with Crippen molar-refractivity contribution in [2.24, 2.45) is 0 Å². The number of hydrogen-bond donors (Lipinski definition) is 2. The third-order valence-electron chi connectivity index (χ3n) is 3.84. The third kappa shape index (κ3) is 3.85. The summed E-state index contributed by atoms with van der Waals surface area (Å²) in [5.41, 5.74) is 0.394. The number of ether oxygens (including phenoxy) is 1. The van der Waals surface area contributed by atoms with Crippen LogP contribution in [-0.4, -0.2) is 71.4 Å². The van der Waals surface area contributed by atoms with Crippen LogP contribution >= 0.6 is 0 Å². The van der Waals surface area contributed by atoms with E-state index in [9.17, 15) is 15.2 Å². The van der Waals surface area contributed by atoms with Crippen LogP contribution in [0.15, 0.2) is 12.1 Å². The Morgan fingerprint density at radius 2 is 1.91 bits per heavy atom. The lowest BCUT2D eigenvalue weighted by Gasteiger charge is -2.34. The molecule has 1 aliphatic rings. The lowest BCUT2D eigenvalue weighted by molar-refractivity contribution is -0.385. The Morgan fingerprint density at radius 3 is 2.45 bits per heavy atom. The van der Waals surface area contributed by atoms with Crippen LogP contribution in [0.1, 0.15) is 5.56 Å². The van der Waals surface area contributed by atoms with Crippen molar-refractivity contribution in [1.82, 2.24) is 9.80 Å². The van der Waals surface area contributed by atoms with E-state index in [1.54, 1.807) is 0 Å². The highest BCUT2D eigenvalue weighted by Gasteiger charge is 2.21. The number of hydrogen-bond acceptors (Lipinski definition) is 7. The smallest absolute Gasteiger partial charge is 0.273 e. The molecular weight excluding hydrogens is 290 g/mol. The minimum absolute atomic E-state index is 0.0501. The number of methoxy groups -OCH3 is 1. The van der Waals surface area contributed by atoms with Crippen LogP contribution in [0.5, 0.6) is 11.5 Å². The lowest BCUT2D eigenvalue weighted by Crippen LogP contribution is -2.46. The molecule has 0 atom stereocenters. The SMILES string of the molecule is COc1cc([N+](=O)[O-])cc(CN2CCN(CCO)CC2)c1O. The molecule has 0 bridgehead atoms. The Balaban J connectivity index is 2.09. The number of β-amino-alcohol motifs (C(OH)–C–C–N with tert-alkyl or cyclic N) is 1. The summed E-state index contributed by atoms with van der Waals surface area (Å²) in [4.78, 5) is 14.7. The molecule has 8 heteroatoms. The number of aromatic hydroxyl groups is 1. The zero-order valence-corrected chi connectivity index (χ0v) is 12.6. The molecule has 2 rings (SSSR count). The highest BCUT2D eigenvalue weighted by atomic mass is 16.6. The fourth-order valence-corrected chi connectivity index (χ4v) is 2.58. The summed E-state index contributed by atoms with van der Waals surface area (Å²) in [5.74, 6) is 0.0639. The maximum Gasteiger partial charge on any atom is 0.273 e. The summed E-state index contributed by atoms with van der Waals surface area (Å²) < 4.78 is 5.01. The molecule has 122 valence electrons. The monoisotopic (exact) mass is 311 g/mol. The molecule has 1 heterocycles. The number of phenols is 1. The molecule has 22 heavy (non-hydrogen) atoms. The summed E-state index contributed by atoms with van der Waals surface area (Å²) in [6, 6.07) is 2.61. The fraction of sp³-hybridized carbons (Fsp3) is 0.571. The quantitative estimate of drug-likeness (QED) is 0.580. The minimum Gasteiger partial charge on any atom is -0.504 e. The third-order valence-corrected chi connectivity index (χ3v) is 3.84. The number of non-ortho nitro benzene ring substituents is 1. The molecule has 0 saturated carbocycles. The molecule has 0 amide bonds. The average Bonchev–Trinajstić information content (AvgIpc) is 2.51. The topological polar surface area (TPSA) is 99.3 Å². The van der Waals surface area contributed by atoms with Gasteiger partial charge in [-0.15, -0.1) is 0 Å². The van der Waals surface area contributed by atoms with E-state index in [4.69, 9.17) is 9.84 Å². The van der Waals surface area contributed by atoms with Gasteiger partial charge < -0.3 is 14.9 Å². The van der Waals surface area contributed by atoms with Crippen LogP contribution in [0.4, 0.5) is 5.69 Å². The van der Waals surface area contributed by atoms with Crippen LogP contribution in [0, 0.1) is 10.1 Å². The van der Waals surface area contributed by atoms with E-state index in [1.165, 1.54) is 19.2 Å². The van der Waals surface area contributed by atoms with Crippen LogP contribution in [0.25, 0.3) is 0 Å². The fourth-order valence-electron chi connectivity index (χ4n) is 2.58. The van der Waals surface area contributed by atoms with E-state index in [-0.39, 0.29) is 23.8 Å². The van der Waals surface area contributed by atoms with Gasteiger partial charge >= 0.3 is 0 Å². The van der Waals surface area contributed by atoms with Crippen LogP contribution < -0.4 is 4.74 Å². The van der Waals surface area contributed by atoms with Gasteiger partial charge in [0.15, 0.2) is 11.5 Å². The van der Waals surface area contributed by atoms with Crippen LogP contribution in [0.3, 0.4) is 0 Å². The number of aliphatic hydroxyl groups is 1. The predicted octanol–water partition coefficient (Wildman–Crippen LogP) is 0.419. The minimum atomic E-state index is -0.495. The molecule has 1 aromatic rings. The van der Waals surface area contributed by atoms with Crippen molar-refractivity contribution in [2.45, 2.75) is 6.54 Å². The van der Waals surface area contributed by atoms with Gasteiger partial charge in [0.05, 0.1) is 24.7 Å². The summed E-state index contributed by atoms with van der Waals surface area (Å²) in [6.07, 6.45) is 0. The van der Waals surface area contributed by atoms with Gasteiger partial charge in [-0.1, -0.05) is 0 Å². The first-order chi connectivity index (χ1) is 10.5. The largest absolute Gasteiger partial charge is 0.504 e. The predicted molar refractivity (Wildman–Crippen MR) is 80.1 cm³/mol. The molecular formula is C14H21N3O5. The van der Waals surface area contributed by atoms with Crippen molar-refractivity contribution in [3.05, 3.63) is 27.8 Å². The summed E-state index contributed by atoms with van der Waals surface area (Å²) in [7, 11) is 1.37. The van der Waals surface area contributed by atoms with Gasteiger partial charge in [0.2, 0.25) is 0 Å². The van der Waals surface area contributed by atoms with E-state index in [2.05, 4.69) is 9.80 Å². The second-order valence-electron chi connectivity index (χ2n) is 5.25. The van der Waals surface area contributed by atoms with E-state index < -0.39 is 4.92 Å². The lowest BCUT2D eigenvalue weighted by atomic mass is 10.1. The zero-order valence-electron chi connectivity index (χ0n) is 12.6. The number of phenolic OH excluding ortho intramolecular Hbond substituents is 1. The van der Waals surface area contributed by atoms with Gasteiger partial charge in [0, 0.05) is 50.9 Å². The number of aliphatic hydroxyl groups excluding tert-OH is 1. The van der Waals surface area contributed by atoms with Crippen LogP contribution in [-0.2, 0) is 6.54 Å². The standard InChI is InChI=1S/C14H21N3O5/c1-22-13-9-12(17(20)21)8-11(14(13)19)10-16-4-2-15(3-5-16)6-7-18/h8-9,18-19H,2-7,10H2,1H3. The number of nitrogens with zero attached hydrogens (tertiary/aromatic N) is 3. The molecule has 2 N–H and O–H groups in total. The molecule has 0 aromatic heterocycles. The van der Waals surface area contributed by atoms with Crippen molar-refractivity contribution < 1.29 is 19.9 Å². The van der Waals surface area contributed by atoms with Crippen molar-refractivity contribution in [2.75, 3.05) is 46.4 Å². The summed E-state index contributed by atoms with van der Waals surface area (Å²) in [5, 5.41) is 30.0. The van der Waals surface area contributed by atoms with Gasteiger partial charge in [-0.25, -0.2) is 0 Å². The Labute approximate surface area is 128 Å². The zero-order chi connectivity index (χ0) is 16.1. The normalized spacial score (nSPS) is 16.6. The summed E-state index contributed by atoms with van der Waals surface area (Å²) in [6.45, 7) is 4.44. The molecule has 1 fully saturated rings. The second kappa shape index (κ2) is 7.39. The summed E-state index contributed by atoms with van der Waals surface area (Å²) >= 11 is 0. The van der Waals surface area contributed by atoms with E-state index in [0.717, 1.165) is 26.2 Å². The molecule has 0 radical (unpaired) electrons. The Hall–Kier alpha value is -1.90. The molecule has 0 aliphatic carbocycles. The molecule has 8 nitrogen and oxygen atoms in total. The number of nitro groups is 1. The molecule has 0 spiro atoms. The number of benzene rings is 1. The first-order valence-corrected chi connectivity index (χ1v) is 7.15. The van der Waals surface area contributed by atoms with Crippen molar-refractivity contribution in [1.29, 1.82) is 0 Å². The van der Waals surface area contributed by atoms with Gasteiger partial charge in [0.1, 0.15) is 0 Å². The van der Waals surface area contributed by atoms with Gasteiger partial charge in [-0.05, 0) is 0 Å².